The second-order valence-electron chi connectivity index (χ2n) is 13.4. The van der Waals surface area contributed by atoms with Gasteiger partial charge in [-0.3, -0.25) is 0 Å². The van der Waals surface area contributed by atoms with Crippen molar-refractivity contribution in [3.8, 4) is 39.5 Å². The average molecular weight is 664 g/mol. The number of nitrogens with zero attached hydrogens (tertiary/aromatic N) is 3. The molecule has 0 saturated carbocycles. The maximum atomic E-state index is 6.75. The first-order valence-electron chi connectivity index (χ1n) is 17.6. The summed E-state index contributed by atoms with van der Waals surface area (Å²) in [6.07, 6.45) is 0. The largest absolute Gasteiger partial charge is 0.456 e. The highest BCUT2D eigenvalue weighted by Crippen LogP contribution is 2.42. The molecule has 8 aromatic carbocycles. The molecule has 0 aliphatic heterocycles. The van der Waals surface area contributed by atoms with E-state index in [0.717, 1.165) is 77.2 Å². The van der Waals surface area contributed by atoms with Gasteiger partial charge in [0.15, 0.2) is 5.82 Å². The number of para-hydroxylation sites is 3. The van der Waals surface area contributed by atoms with E-state index >= 15 is 0 Å². The van der Waals surface area contributed by atoms with Gasteiger partial charge >= 0.3 is 0 Å². The van der Waals surface area contributed by atoms with Gasteiger partial charge in [-0.05, 0) is 76.5 Å². The fourth-order valence-corrected chi connectivity index (χ4v) is 8.03. The van der Waals surface area contributed by atoms with Crippen molar-refractivity contribution in [2.75, 3.05) is 0 Å². The van der Waals surface area contributed by atoms with Crippen molar-refractivity contribution in [1.29, 1.82) is 0 Å². The number of hydrogen-bond donors (Lipinski definition) is 0. The van der Waals surface area contributed by atoms with Crippen LogP contribution in [0.3, 0.4) is 0 Å². The van der Waals surface area contributed by atoms with Crippen LogP contribution >= 0.6 is 0 Å². The van der Waals surface area contributed by atoms with Crippen molar-refractivity contribution >= 4 is 65.4 Å². The predicted molar refractivity (Wildman–Crippen MR) is 215 cm³/mol. The summed E-state index contributed by atoms with van der Waals surface area (Å²) in [6, 6.07) is 61.9. The molecule has 0 unspecified atom stereocenters. The fraction of sp³-hybridized carbons (Fsp3) is 0. The first-order valence-corrected chi connectivity index (χ1v) is 17.6. The van der Waals surface area contributed by atoms with Crippen molar-refractivity contribution in [2.24, 2.45) is 0 Å². The average Bonchev–Trinajstić information content (AvgIpc) is 3.76. The normalized spacial score (nSPS) is 11.8. The van der Waals surface area contributed by atoms with Crippen LogP contribution in [0.5, 0.6) is 0 Å². The highest BCUT2D eigenvalue weighted by molar-refractivity contribution is 6.22. The number of benzene rings is 8. The molecule has 3 heterocycles. The van der Waals surface area contributed by atoms with Crippen molar-refractivity contribution < 1.29 is 4.42 Å². The van der Waals surface area contributed by atoms with Crippen LogP contribution in [0.4, 0.5) is 0 Å². The topological polar surface area (TPSA) is 43.9 Å². The van der Waals surface area contributed by atoms with Gasteiger partial charge in [0.25, 0.3) is 0 Å². The third kappa shape index (κ3) is 4.34. The number of rotatable bonds is 4. The molecule has 4 heteroatoms. The van der Waals surface area contributed by atoms with Crippen LogP contribution in [0.15, 0.2) is 180 Å². The van der Waals surface area contributed by atoms with E-state index in [1.807, 2.05) is 18.2 Å². The molecule has 0 bridgehead atoms. The Labute approximate surface area is 298 Å². The van der Waals surface area contributed by atoms with E-state index in [-0.39, 0.29) is 0 Å². The SMILES string of the molecule is c1ccc(-c2nc(-c3cc4oc5cc(-c6ccc7c(c6)c6ccccc6n7-c6ccccc6)ccc5c4c4ccccc34)nc3ccccc23)cc1. The third-order valence-electron chi connectivity index (χ3n) is 10.4. The van der Waals surface area contributed by atoms with Gasteiger partial charge in [0.2, 0.25) is 0 Å². The van der Waals surface area contributed by atoms with Gasteiger partial charge < -0.3 is 8.98 Å². The molecule has 3 aromatic heterocycles. The molecule has 11 aromatic rings. The summed E-state index contributed by atoms with van der Waals surface area (Å²) in [5.74, 6) is 0.680. The predicted octanol–water partition coefficient (Wildman–Crippen LogP) is 12.8. The van der Waals surface area contributed by atoms with Gasteiger partial charge in [-0.1, -0.05) is 121 Å². The zero-order valence-corrected chi connectivity index (χ0v) is 28.0. The van der Waals surface area contributed by atoms with E-state index in [1.54, 1.807) is 0 Å². The first kappa shape index (κ1) is 28.8. The van der Waals surface area contributed by atoms with Crippen LogP contribution < -0.4 is 0 Å². The molecule has 242 valence electrons. The number of furan rings is 1. The lowest BCUT2D eigenvalue weighted by molar-refractivity contribution is 0.669. The molecule has 0 N–H and O–H groups in total. The Morgan fingerprint density at radius 1 is 0.404 bits per heavy atom. The van der Waals surface area contributed by atoms with E-state index < -0.39 is 0 Å². The van der Waals surface area contributed by atoms with Crippen molar-refractivity contribution in [1.82, 2.24) is 14.5 Å². The Morgan fingerprint density at radius 3 is 1.90 bits per heavy atom. The summed E-state index contributed by atoms with van der Waals surface area (Å²) < 4.78 is 9.10. The monoisotopic (exact) mass is 663 g/mol. The molecule has 0 radical (unpaired) electrons. The molecule has 4 nitrogen and oxygen atoms in total. The summed E-state index contributed by atoms with van der Waals surface area (Å²) in [5.41, 5.74) is 11.3. The lowest BCUT2D eigenvalue weighted by atomic mass is 9.97. The second kappa shape index (κ2) is 11.2. The summed E-state index contributed by atoms with van der Waals surface area (Å²) in [5, 5.41) is 7.90. The lowest BCUT2D eigenvalue weighted by Crippen LogP contribution is -1.96. The molecule has 0 spiro atoms. The van der Waals surface area contributed by atoms with Gasteiger partial charge in [0.05, 0.1) is 22.2 Å². The third-order valence-corrected chi connectivity index (χ3v) is 10.4. The molecule has 0 aliphatic carbocycles. The molecule has 11 rings (SSSR count). The van der Waals surface area contributed by atoms with Crippen LogP contribution in [0.2, 0.25) is 0 Å². The Hall–Kier alpha value is -7.04. The maximum Gasteiger partial charge on any atom is 0.161 e. The summed E-state index contributed by atoms with van der Waals surface area (Å²) in [4.78, 5) is 10.3. The first-order chi connectivity index (χ1) is 25.8. The smallest absolute Gasteiger partial charge is 0.161 e. The lowest BCUT2D eigenvalue weighted by Gasteiger charge is -2.11. The highest BCUT2D eigenvalue weighted by Gasteiger charge is 2.19. The van der Waals surface area contributed by atoms with Gasteiger partial charge in [-0.15, -0.1) is 0 Å². The van der Waals surface area contributed by atoms with Crippen molar-refractivity contribution in [3.63, 3.8) is 0 Å². The summed E-state index contributed by atoms with van der Waals surface area (Å²) in [7, 11) is 0. The van der Waals surface area contributed by atoms with E-state index in [9.17, 15) is 0 Å². The van der Waals surface area contributed by atoms with Crippen LogP contribution in [-0.4, -0.2) is 14.5 Å². The molecule has 0 atom stereocenters. The van der Waals surface area contributed by atoms with Crippen LogP contribution in [0, 0.1) is 0 Å². The molecular weight excluding hydrogens is 635 g/mol. The Bertz CT molecular complexity index is 3180. The minimum absolute atomic E-state index is 0.680. The van der Waals surface area contributed by atoms with E-state index in [2.05, 4.69) is 162 Å². The maximum absolute atomic E-state index is 6.75. The van der Waals surface area contributed by atoms with Gasteiger partial charge in [0, 0.05) is 43.7 Å². The van der Waals surface area contributed by atoms with Gasteiger partial charge in [-0.25, -0.2) is 9.97 Å². The minimum atomic E-state index is 0.680. The van der Waals surface area contributed by atoms with Crippen molar-refractivity contribution in [3.05, 3.63) is 176 Å². The minimum Gasteiger partial charge on any atom is -0.456 e. The standard InChI is InChI=1S/C48H29N3O/c1-3-13-30(14-4-1)47-37-20-9-11-21-41(37)49-48(50-47)40-29-45-46(36-19-8-7-17-34(36)40)38-25-23-32(28-44(38)52-45)31-24-26-43-39(27-31)35-18-10-12-22-42(35)51(43)33-15-5-2-6-16-33/h1-29H. The Balaban J connectivity index is 1.09. The van der Waals surface area contributed by atoms with Crippen LogP contribution in [-0.2, 0) is 0 Å². The van der Waals surface area contributed by atoms with Gasteiger partial charge in [-0.2, -0.15) is 0 Å². The molecular formula is C48H29N3O. The number of hydrogen-bond acceptors (Lipinski definition) is 3. The van der Waals surface area contributed by atoms with Crippen LogP contribution in [0.1, 0.15) is 0 Å². The molecule has 0 amide bonds. The molecule has 52 heavy (non-hydrogen) atoms. The number of aromatic nitrogens is 3. The Kier molecular flexibility index (Phi) is 6.22. The van der Waals surface area contributed by atoms with Gasteiger partial charge in [0.1, 0.15) is 11.2 Å². The summed E-state index contributed by atoms with van der Waals surface area (Å²) >= 11 is 0. The fourth-order valence-electron chi connectivity index (χ4n) is 8.03. The quantitative estimate of drug-likeness (QED) is 0.188. The highest BCUT2D eigenvalue weighted by atomic mass is 16.3. The van der Waals surface area contributed by atoms with E-state index in [1.165, 1.54) is 21.8 Å². The zero-order valence-electron chi connectivity index (χ0n) is 28.0. The van der Waals surface area contributed by atoms with Crippen molar-refractivity contribution in [2.45, 2.75) is 0 Å². The number of fused-ring (bicyclic) bond motifs is 9. The molecule has 0 aliphatic rings. The van der Waals surface area contributed by atoms with Crippen LogP contribution in [0.25, 0.3) is 105 Å². The molecule has 0 saturated heterocycles. The van der Waals surface area contributed by atoms with E-state index in [0.29, 0.717) is 5.82 Å². The van der Waals surface area contributed by atoms with E-state index in [4.69, 9.17) is 14.4 Å². The molecule has 0 fully saturated rings. The Morgan fingerprint density at radius 2 is 1.06 bits per heavy atom. The zero-order chi connectivity index (χ0) is 34.2. The summed E-state index contributed by atoms with van der Waals surface area (Å²) in [6.45, 7) is 0. The second-order valence-corrected chi connectivity index (χ2v) is 13.4.